The third-order valence-electron chi connectivity index (χ3n) is 4.50. The van der Waals surface area contributed by atoms with Gasteiger partial charge in [-0.1, -0.05) is 42.0 Å². The molecule has 0 spiro atoms. The minimum atomic E-state index is 0. The fraction of sp³-hybridized carbons (Fsp3) is 0.0333. The standard InChI is InChI=1S/C20H16.2C5H5.Zr/c1-4-10-17(11-5-1)16-20(18-12-6-2-7-13-18)19-14-8-3-9-15-19;2*1-2-4-5-3-1;/h1-14,16,20H;2*1-5H;/q-2;;;+2/t20-;;;/m1.../s1. The SMILES string of the molecule is [CH]1[CH][CH][CH][CH]1.[CH]1[CH][CH][CH][CH]1.[Zr+2].[c-]1ccccc1[C@H]([CH-]c1ccccc1)c1ccccc1. The molecule has 2 saturated carbocycles. The zero-order chi connectivity index (χ0) is 20.7. The molecular formula is C30H26Zr. The van der Waals surface area contributed by atoms with Crippen molar-refractivity contribution in [3.63, 3.8) is 0 Å². The monoisotopic (exact) mass is 476 g/mol. The summed E-state index contributed by atoms with van der Waals surface area (Å²) in [5.41, 5.74) is 3.72. The molecule has 0 heterocycles. The molecule has 2 aliphatic rings. The van der Waals surface area contributed by atoms with Crippen LogP contribution in [-0.4, -0.2) is 0 Å². The summed E-state index contributed by atoms with van der Waals surface area (Å²) in [5.74, 6) is 0.236. The van der Waals surface area contributed by atoms with E-state index in [1.54, 1.807) is 0 Å². The molecule has 3 aromatic rings. The molecule has 0 aliphatic heterocycles. The van der Waals surface area contributed by atoms with E-state index < -0.39 is 0 Å². The van der Waals surface area contributed by atoms with E-state index in [0.29, 0.717) is 0 Å². The summed E-state index contributed by atoms with van der Waals surface area (Å²) in [4.78, 5) is 0. The van der Waals surface area contributed by atoms with Crippen LogP contribution in [0.2, 0.25) is 0 Å². The van der Waals surface area contributed by atoms with E-state index in [2.05, 4.69) is 79.2 Å². The molecule has 150 valence electrons. The van der Waals surface area contributed by atoms with Gasteiger partial charge in [0.2, 0.25) is 0 Å². The third-order valence-corrected chi connectivity index (χ3v) is 4.50. The molecule has 0 unspecified atom stereocenters. The third kappa shape index (κ3) is 10.0. The van der Waals surface area contributed by atoms with E-state index >= 15 is 0 Å². The minimum Gasteiger partial charge on any atom is -0.191 e. The fourth-order valence-electron chi connectivity index (χ4n) is 3.02. The van der Waals surface area contributed by atoms with Crippen LogP contribution in [-0.2, 0) is 26.2 Å². The molecule has 2 fully saturated rings. The van der Waals surface area contributed by atoms with Crippen molar-refractivity contribution in [1.29, 1.82) is 0 Å². The van der Waals surface area contributed by atoms with Gasteiger partial charge in [0.1, 0.15) is 0 Å². The van der Waals surface area contributed by atoms with Gasteiger partial charge in [0.25, 0.3) is 0 Å². The largest absolute Gasteiger partial charge is 2.00 e. The van der Waals surface area contributed by atoms with Crippen LogP contribution in [0.15, 0.2) is 84.9 Å². The van der Waals surface area contributed by atoms with Gasteiger partial charge in [0.15, 0.2) is 0 Å². The van der Waals surface area contributed by atoms with Gasteiger partial charge in [-0.25, -0.2) is 0 Å². The predicted molar refractivity (Wildman–Crippen MR) is 126 cm³/mol. The Balaban J connectivity index is 0.000000254. The first-order chi connectivity index (χ1) is 14.9. The Labute approximate surface area is 209 Å². The molecule has 0 nitrogen and oxygen atoms in total. The van der Waals surface area contributed by atoms with Crippen LogP contribution < -0.4 is 0 Å². The molecule has 31 heavy (non-hydrogen) atoms. The Bertz CT molecular complexity index is 710. The summed E-state index contributed by atoms with van der Waals surface area (Å²) in [6.07, 6.45) is 22.3. The van der Waals surface area contributed by atoms with Crippen molar-refractivity contribution in [3.05, 3.63) is 178 Å². The number of benzene rings is 3. The summed E-state index contributed by atoms with van der Waals surface area (Å²) >= 11 is 0. The average molecular weight is 478 g/mol. The van der Waals surface area contributed by atoms with Crippen molar-refractivity contribution >= 4 is 0 Å². The van der Waals surface area contributed by atoms with Gasteiger partial charge in [-0.3, -0.25) is 0 Å². The Hall–Kier alpha value is -1.59. The Morgan fingerprint density at radius 2 is 0.968 bits per heavy atom. The van der Waals surface area contributed by atoms with Crippen molar-refractivity contribution in [2.75, 3.05) is 0 Å². The van der Waals surface area contributed by atoms with Gasteiger partial charge in [0, 0.05) is 0 Å². The van der Waals surface area contributed by atoms with Gasteiger partial charge in [0.05, 0.1) is 0 Å². The Morgan fingerprint density at radius 3 is 1.42 bits per heavy atom. The van der Waals surface area contributed by atoms with E-state index in [0.717, 1.165) is 0 Å². The van der Waals surface area contributed by atoms with E-state index in [1.165, 1.54) is 16.7 Å². The molecule has 0 N–H and O–H groups in total. The topological polar surface area (TPSA) is 0 Å². The normalized spacial score (nSPS) is 15.4. The van der Waals surface area contributed by atoms with E-state index in [-0.39, 0.29) is 32.1 Å². The Morgan fingerprint density at radius 1 is 0.516 bits per heavy atom. The first kappa shape index (κ1) is 25.7. The van der Waals surface area contributed by atoms with Crippen LogP contribution in [0, 0.1) is 76.7 Å². The molecule has 5 rings (SSSR count). The van der Waals surface area contributed by atoms with E-state index in [9.17, 15) is 0 Å². The van der Waals surface area contributed by atoms with Crippen molar-refractivity contribution in [1.82, 2.24) is 0 Å². The van der Waals surface area contributed by atoms with Gasteiger partial charge >= 0.3 is 26.2 Å². The van der Waals surface area contributed by atoms with Gasteiger partial charge in [-0.15, -0.1) is 12.1 Å². The number of hydrogen-bond donors (Lipinski definition) is 0. The second kappa shape index (κ2) is 16.1. The summed E-state index contributed by atoms with van der Waals surface area (Å²) in [7, 11) is 0. The van der Waals surface area contributed by atoms with Crippen LogP contribution in [0.25, 0.3) is 0 Å². The molecule has 0 aromatic heterocycles. The van der Waals surface area contributed by atoms with Crippen LogP contribution >= 0.6 is 0 Å². The minimum absolute atomic E-state index is 0. The first-order valence-corrected chi connectivity index (χ1v) is 10.2. The van der Waals surface area contributed by atoms with Crippen molar-refractivity contribution in [3.8, 4) is 0 Å². The predicted octanol–water partition coefficient (Wildman–Crippen LogP) is 6.91. The molecule has 0 saturated heterocycles. The average Bonchev–Trinajstić information content (AvgIpc) is 3.59. The molecule has 3 aromatic carbocycles. The molecule has 0 amide bonds. The van der Waals surface area contributed by atoms with Crippen molar-refractivity contribution < 1.29 is 26.2 Å². The maximum Gasteiger partial charge on any atom is 2.00 e. The van der Waals surface area contributed by atoms with Crippen LogP contribution in [0.1, 0.15) is 22.6 Å². The number of rotatable bonds is 4. The molecule has 0 bridgehead atoms. The molecule has 1 atom stereocenters. The second-order valence-electron chi connectivity index (χ2n) is 6.71. The smallest absolute Gasteiger partial charge is 0.191 e. The summed E-state index contributed by atoms with van der Waals surface area (Å²) < 4.78 is 0. The summed E-state index contributed by atoms with van der Waals surface area (Å²) in [6.45, 7) is 0. The zero-order valence-electron chi connectivity index (χ0n) is 17.5. The van der Waals surface area contributed by atoms with Gasteiger partial charge in [-0.2, -0.15) is 60.0 Å². The maximum absolute atomic E-state index is 3.36. The Kier molecular flexibility index (Phi) is 13.3. The van der Waals surface area contributed by atoms with E-state index in [4.69, 9.17) is 0 Å². The summed E-state index contributed by atoms with van der Waals surface area (Å²) in [6, 6.07) is 32.6. The van der Waals surface area contributed by atoms with E-state index in [1.807, 2.05) is 82.4 Å². The zero-order valence-corrected chi connectivity index (χ0v) is 20.0. The van der Waals surface area contributed by atoms with Gasteiger partial charge in [-0.05, 0) is 70.1 Å². The second-order valence-corrected chi connectivity index (χ2v) is 6.71. The molecule has 1 heteroatoms. The number of hydrogen-bond acceptors (Lipinski definition) is 0. The molecular weight excluding hydrogens is 452 g/mol. The van der Waals surface area contributed by atoms with Gasteiger partial charge < -0.3 is 0 Å². The van der Waals surface area contributed by atoms with Crippen molar-refractivity contribution in [2.45, 2.75) is 5.92 Å². The summed E-state index contributed by atoms with van der Waals surface area (Å²) in [5, 5.41) is 0. The molecule has 10 radical (unpaired) electrons. The molecule has 2 aliphatic carbocycles. The fourth-order valence-corrected chi connectivity index (χ4v) is 3.02. The maximum atomic E-state index is 3.36. The quantitative estimate of drug-likeness (QED) is 0.358. The van der Waals surface area contributed by atoms with Crippen LogP contribution in [0.4, 0.5) is 0 Å². The first-order valence-electron chi connectivity index (χ1n) is 10.2. The van der Waals surface area contributed by atoms with Crippen LogP contribution in [0.5, 0.6) is 0 Å². The van der Waals surface area contributed by atoms with Crippen LogP contribution in [0.3, 0.4) is 0 Å². The van der Waals surface area contributed by atoms with Crippen molar-refractivity contribution in [2.24, 2.45) is 0 Å².